The zero-order valence-electron chi connectivity index (χ0n) is 12.4. The van der Waals surface area contributed by atoms with E-state index >= 15 is 0 Å². The lowest BCUT2D eigenvalue weighted by atomic mass is 10.1. The Morgan fingerprint density at radius 3 is 3.05 bits per heavy atom. The number of nitrogens with one attached hydrogen (secondary N) is 2. The van der Waals surface area contributed by atoms with Crippen LogP contribution in [0.2, 0.25) is 0 Å². The normalized spacial score (nSPS) is 18.5. The molecule has 0 spiro atoms. The Kier molecular flexibility index (Phi) is 3.85. The highest BCUT2D eigenvalue weighted by molar-refractivity contribution is 5.92. The number of benzene rings is 1. The first-order chi connectivity index (χ1) is 10.6. The third kappa shape index (κ3) is 2.69. The molecular weight excluding hydrogens is 282 g/mol. The maximum Gasteiger partial charge on any atom is 0.322 e. The number of para-hydroxylation sites is 1. The van der Waals surface area contributed by atoms with Gasteiger partial charge in [0.1, 0.15) is 5.69 Å². The van der Waals surface area contributed by atoms with Gasteiger partial charge in [0.15, 0.2) is 0 Å². The summed E-state index contributed by atoms with van der Waals surface area (Å²) in [6, 6.07) is 5.13. The van der Waals surface area contributed by atoms with Gasteiger partial charge in [0.05, 0.1) is 11.6 Å². The minimum atomic E-state index is -0.489. The number of hydrogen-bond acceptors (Lipinski definition) is 3. The zero-order valence-corrected chi connectivity index (χ0v) is 12.4. The minimum Gasteiger partial charge on any atom is -0.391 e. The number of anilines is 1. The number of aromatic amines is 1. The Morgan fingerprint density at radius 1 is 1.45 bits per heavy atom. The predicted molar refractivity (Wildman–Crippen MR) is 85.1 cm³/mol. The molecule has 3 rings (SSSR count). The van der Waals surface area contributed by atoms with Crippen LogP contribution in [-0.4, -0.2) is 40.2 Å². The zero-order chi connectivity index (χ0) is 15.7. The van der Waals surface area contributed by atoms with E-state index < -0.39 is 6.10 Å². The largest absolute Gasteiger partial charge is 0.391 e. The number of urea groups is 1. The number of likely N-dealkylation sites (tertiary alicyclic amines) is 1. The van der Waals surface area contributed by atoms with E-state index in [1.54, 1.807) is 6.07 Å². The van der Waals surface area contributed by atoms with Crippen molar-refractivity contribution in [2.45, 2.75) is 25.9 Å². The van der Waals surface area contributed by atoms with E-state index in [9.17, 15) is 14.7 Å². The molecule has 1 saturated heterocycles. The topological polar surface area (TPSA) is 85.4 Å². The molecule has 1 aromatic heterocycles. The van der Waals surface area contributed by atoms with Crippen molar-refractivity contribution in [3.8, 4) is 0 Å². The average molecular weight is 301 g/mol. The first kappa shape index (κ1) is 14.6. The van der Waals surface area contributed by atoms with Gasteiger partial charge in [-0.05, 0) is 31.4 Å². The van der Waals surface area contributed by atoms with Gasteiger partial charge in [-0.2, -0.15) is 0 Å². The maximum atomic E-state index is 12.5. The van der Waals surface area contributed by atoms with E-state index in [-0.39, 0.29) is 17.1 Å². The highest BCUT2D eigenvalue weighted by atomic mass is 16.3. The van der Waals surface area contributed by atoms with Gasteiger partial charge in [-0.15, -0.1) is 0 Å². The summed E-state index contributed by atoms with van der Waals surface area (Å²) in [7, 11) is 0. The summed E-state index contributed by atoms with van der Waals surface area (Å²) in [4.78, 5) is 29.3. The number of aromatic nitrogens is 1. The number of aryl methyl sites for hydroxylation is 1. The number of carbonyl (C=O) groups is 1. The van der Waals surface area contributed by atoms with E-state index in [0.717, 1.165) is 17.5 Å². The first-order valence-electron chi connectivity index (χ1n) is 7.41. The number of aliphatic hydroxyl groups is 1. The van der Waals surface area contributed by atoms with Crippen LogP contribution in [0.5, 0.6) is 0 Å². The molecule has 0 aliphatic carbocycles. The first-order valence-corrected chi connectivity index (χ1v) is 7.41. The lowest BCUT2D eigenvalue weighted by molar-refractivity contribution is 0.0883. The van der Waals surface area contributed by atoms with Crippen LogP contribution in [-0.2, 0) is 0 Å². The Bertz CT molecular complexity index is 769. The number of piperidine rings is 1. The Labute approximate surface area is 127 Å². The highest BCUT2D eigenvalue weighted by Gasteiger charge is 2.22. The molecule has 3 N–H and O–H groups in total. The summed E-state index contributed by atoms with van der Waals surface area (Å²) in [5.41, 5.74) is 1.78. The summed E-state index contributed by atoms with van der Waals surface area (Å²) in [5.74, 6) is 0. The fourth-order valence-corrected chi connectivity index (χ4v) is 2.83. The number of H-pyrrole nitrogens is 1. The molecule has 1 aliphatic rings. The number of fused-ring (bicyclic) bond motifs is 1. The maximum absolute atomic E-state index is 12.5. The van der Waals surface area contributed by atoms with Gasteiger partial charge in [-0.1, -0.05) is 12.1 Å². The minimum absolute atomic E-state index is 0.205. The van der Waals surface area contributed by atoms with Crippen molar-refractivity contribution in [2.24, 2.45) is 0 Å². The Balaban J connectivity index is 1.86. The molecule has 0 saturated carbocycles. The van der Waals surface area contributed by atoms with Crippen molar-refractivity contribution in [1.82, 2.24) is 9.88 Å². The molecule has 2 heterocycles. The smallest absolute Gasteiger partial charge is 0.322 e. The molecule has 1 aromatic carbocycles. The Morgan fingerprint density at radius 2 is 2.27 bits per heavy atom. The molecular formula is C16H19N3O3. The van der Waals surface area contributed by atoms with E-state index in [4.69, 9.17) is 0 Å². The lowest BCUT2D eigenvalue weighted by Gasteiger charge is -2.30. The van der Waals surface area contributed by atoms with Crippen molar-refractivity contribution in [1.29, 1.82) is 0 Å². The van der Waals surface area contributed by atoms with Crippen molar-refractivity contribution in [3.63, 3.8) is 0 Å². The van der Waals surface area contributed by atoms with Gasteiger partial charge in [0.2, 0.25) is 5.43 Å². The van der Waals surface area contributed by atoms with Crippen LogP contribution in [0.3, 0.4) is 0 Å². The van der Waals surface area contributed by atoms with Gasteiger partial charge < -0.3 is 20.3 Å². The third-order valence-corrected chi connectivity index (χ3v) is 4.05. The molecule has 2 amide bonds. The number of carbonyl (C=O) groups excluding carboxylic acids is 1. The highest BCUT2D eigenvalue weighted by Crippen LogP contribution is 2.15. The van der Waals surface area contributed by atoms with Crippen LogP contribution in [0.4, 0.5) is 10.5 Å². The number of hydrogen-bond donors (Lipinski definition) is 3. The van der Waals surface area contributed by atoms with Crippen LogP contribution in [0.15, 0.2) is 29.2 Å². The van der Waals surface area contributed by atoms with E-state index in [0.29, 0.717) is 24.9 Å². The number of amides is 2. The predicted octanol–water partition coefficient (Wildman–Crippen LogP) is 1.83. The number of rotatable bonds is 1. The molecule has 6 heteroatoms. The average Bonchev–Trinajstić information content (AvgIpc) is 2.50. The van der Waals surface area contributed by atoms with E-state index in [1.165, 1.54) is 11.1 Å². The van der Waals surface area contributed by atoms with Crippen molar-refractivity contribution in [3.05, 3.63) is 40.2 Å². The number of aliphatic hydroxyl groups excluding tert-OH is 1. The molecule has 6 nitrogen and oxygen atoms in total. The van der Waals surface area contributed by atoms with Crippen molar-refractivity contribution < 1.29 is 9.90 Å². The van der Waals surface area contributed by atoms with Gasteiger partial charge in [0, 0.05) is 24.7 Å². The van der Waals surface area contributed by atoms with Gasteiger partial charge in [-0.3, -0.25) is 4.79 Å². The van der Waals surface area contributed by atoms with Crippen molar-refractivity contribution in [2.75, 3.05) is 18.4 Å². The summed E-state index contributed by atoms with van der Waals surface area (Å²) in [6.45, 7) is 2.82. The van der Waals surface area contributed by atoms with Gasteiger partial charge in [0.25, 0.3) is 0 Å². The van der Waals surface area contributed by atoms with E-state index in [2.05, 4.69) is 10.3 Å². The van der Waals surface area contributed by atoms with Crippen LogP contribution in [0.1, 0.15) is 18.4 Å². The molecule has 116 valence electrons. The van der Waals surface area contributed by atoms with Gasteiger partial charge >= 0.3 is 6.03 Å². The SMILES string of the molecule is Cc1cccc2c(=O)c(NC(=O)N3CCC[C@@H](O)C3)c[nH]c12. The fraction of sp³-hybridized carbons (Fsp3) is 0.375. The van der Waals surface area contributed by atoms with Crippen LogP contribution < -0.4 is 10.7 Å². The summed E-state index contributed by atoms with van der Waals surface area (Å²) in [5, 5.41) is 12.8. The van der Waals surface area contributed by atoms with Crippen LogP contribution >= 0.6 is 0 Å². The van der Waals surface area contributed by atoms with Crippen LogP contribution in [0, 0.1) is 6.92 Å². The molecule has 1 aliphatic heterocycles. The Hall–Kier alpha value is -2.34. The summed E-state index contributed by atoms with van der Waals surface area (Å²) in [6.07, 6.45) is 2.51. The molecule has 1 atom stereocenters. The second-order valence-electron chi connectivity index (χ2n) is 5.70. The van der Waals surface area contributed by atoms with E-state index in [1.807, 2.05) is 19.1 Å². The second-order valence-corrected chi connectivity index (χ2v) is 5.70. The second kappa shape index (κ2) is 5.81. The lowest BCUT2D eigenvalue weighted by Crippen LogP contribution is -2.44. The quantitative estimate of drug-likeness (QED) is 0.751. The fourth-order valence-electron chi connectivity index (χ4n) is 2.83. The number of pyridine rings is 1. The molecule has 0 unspecified atom stereocenters. The van der Waals surface area contributed by atoms with Crippen LogP contribution in [0.25, 0.3) is 10.9 Å². The molecule has 1 fully saturated rings. The standard InChI is InChI=1S/C16H19N3O3/c1-10-4-2-6-12-14(10)17-8-13(15(12)21)18-16(22)19-7-3-5-11(20)9-19/h2,4,6,8,11,20H,3,5,7,9H2,1H3,(H,17,21)(H,18,22)/t11-/m1/s1. The van der Waals surface area contributed by atoms with Gasteiger partial charge in [-0.25, -0.2) is 4.79 Å². The number of β-amino-alcohol motifs (C(OH)–C–C–N with tert-alkyl or cyclic N) is 1. The third-order valence-electron chi connectivity index (χ3n) is 4.05. The molecule has 0 radical (unpaired) electrons. The number of nitrogens with zero attached hydrogens (tertiary/aromatic N) is 1. The van der Waals surface area contributed by atoms with Crippen molar-refractivity contribution >= 4 is 22.6 Å². The monoisotopic (exact) mass is 301 g/mol. The summed E-state index contributed by atoms with van der Waals surface area (Å²) >= 11 is 0. The molecule has 0 bridgehead atoms. The summed E-state index contributed by atoms with van der Waals surface area (Å²) < 4.78 is 0. The molecule has 2 aromatic rings. The molecule has 22 heavy (non-hydrogen) atoms.